The summed E-state index contributed by atoms with van der Waals surface area (Å²) in [4.78, 5) is 4.64. The second-order valence-electron chi connectivity index (χ2n) is 7.26. The smallest absolute Gasteiger partial charge is 0.148 e. The van der Waals surface area contributed by atoms with Crippen molar-refractivity contribution in [3.63, 3.8) is 0 Å². The number of H-pyrrole nitrogens is 1. The lowest BCUT2D eigenvalue weighted by Gasteiger charge is -2.13. The van der Waals surface area contributed by atoms with Crippen molar-refractivity contribution >= 4 is 33.7 Å². The standard InChI is InChI=1S/C24H23FN6/c1-15-2-4-16(5-3-15)13-28-21(8-9-26)18-10-20(25)24(27)23(11-18)30-19-7-6-17-14-29-31-22(17)12-19/h2-12,14,30H,13,26-27H2,1H3,(H,29,31)/b9-8-,28-21?. The molecule has 0 spiro atoms. The Hall–Kier alpha value is -4.13. The predicted molar refractivity (Wildman–Crippen MR) is 125 cm³/mol. The van der Waals surface area contributed by atoms with Crippen LogP contribution in [-0.2, 0) is 6.54 Å². The van der Waals surface area contributed by atoms with Gasteiger partial charge in [0.05, 0.1) is 35.3 Å². The molecule has 0 atom stereocenters. The molecular weight excluding hydrogens is 391 g/mol. The number of rotatable bonds is 6. The summed E-state index contributed by atoms with van der Waals surface area (Å²) in [5.74, 6) is -0.531. The van der Waals surface area contributed by atoms with Gasteiger partial charge >= 0.3 is 0 Å². The van der Waals surface area contributed by atoms with E-state index in [0.717, 1.165) is 22.2 Å². The number of fused-ring (bicyclic) bond motifs is 1. The minimum Gasteiger partial charge on any atom is -0.405 e. The number of benzene rings is 3. The number of allylic oxidation sites excluding steroid dienone is 1. The van der Waals surface area contributed by atoms with Crippen LogP contribution in [0.1, 0.15) is 16.7 Å². The molecule has 4 rings (SSSR count). The number of nitrogens with zero attached hydrogens (tertiary/aromatic N) is 2. The first kappa shape index (κ1) is 20.2. The zero-order valence-corrected chi connectivity index (χ0v) is 17.1. The van der Waals surface area contributed by atoms with Crippen molar-refractivity contribution in [2.75, 3.05) is 11.1 Å². The summed E-state index contributed by atoms with van der Waals surface area (Å²) >= 11 is 0. The predicted octanol–water partition coefficient (Wildman–Crippen LogP) is 4.80. The van der Waals surface area contributed by atoms with Crippen LogP contribution < -0.4 is 16.8 Å². The maximum atomic E-state index is 14.7. The number of aliphatic imine (C=N–C) groups is 1. The number of nitrogens with two attached hydrogens (primary N) is 2. The third-order valence-corrected chi connectivity index (χ3v) is 4.95. The summed E-state index contributed by atoms with van der Waals surface area (Å²) in [7, 11) is 0. The van der Waals surface area contributed by atoms with Crippen molar-refractivity contribution in [1.29, 1.82) is 0 Å². The summed E-state index contributed by atoms with van der Waals surface area (Å²) < 4.78 is 14.7. The summed E-state index contributed by atoms with van der Waals surface area (Å²) in [5, 5.41) is 11.1. The topological polar surface area (TPSA) is 105 Å². The van der Waals surface area contributed by atoms with Gasteiger partial charge in [0.2, 0.25) is 0 Å². The molecule has 0 radical (unpaired) electrons. The molecule has 31 heavy (non-hydrogen) atoms. The van der Waals surface area contributed by atoms with E-state index in [1.54, 1.807) is 18.3 Å². The first-order valence-corrected chi connectivity index (χ1v) is 9.81. The van der Waals surface area contributed by atoms with E-state index >= 15 is 0 Å². The number of halogens is 1. The van der Waals surface area contributed by atoms with Crippen LogP contribution in [0.5, 0.6) is 0 Å². The molecule has 0 fully saturated rings. The molecule has 0 unspecified atom stereocenters. The fourth-order valence-electron chi connectivity index (χ4n) is 3.24. The van der Waals surface area contributed by atoms with E-state index in [0.29, 0.717) is 23.5 Å². The van der Waals surface area contributed by atoms with Crippen LogP contribution in [0.25, 0.3) is 10.9 Å². The van der Waals surface area contributed by atoms with Crippen LogP contribution in [-0.4, -0.2) is 15.9 Å². The highest BCUT2D eigenvalue weighted by Gasteiger charge is 2.12. The quantitative estimate of drug-likeness (QED) is 0.269. The van der Waals surface area contributed by atoms with E-state index in [-0.39, 0.29) is 5.69 Å². The molecule has 1 heterocycles. The molecule has 0 saturated heterocycles. The van der Waals surface area contributed by atoms with Crippen molar-refractivity contribution in [2.45, 2.75) is 13.5 Å². The third-order valence-electron chi connectivity index (χ3n) is 4.95. The van der Waals surface area contributed by atoms with Crippen LogP contribution in [0.15, 0.2) is 78.1 Å². The molecule has 6 N–H and O–H groups in total. The first-order chi connectivity index (χ1) is 15.0. The number of anilines is 3. The normalized spacial score (nSPS) is 12.0. The van der Waals surface area contributed by atoms with Crippen molar-refractivity contribution in [2.24, 2.45) is 10.7 Å². The second-order valence-corrected chi connectivity index (χ2v) is 7.26. The maximum absolute atomic E-state index is 14.7. The van der Waals surface area contributed by atoms with Gasteiger partial charge in [0, 0.05) is 16.6 Å². The van der Waals surface area contributed by atoms with Crippen LogP contribution in [0, 0.1) is 12.7 Å². The van der Waals surface area contributed by atoms with Gasteiger partial charge in [0.1, 0.15) is 5.82 Å². The lowest BCUT2D eigenvalue weighted by Crippen LogP contribution is -2.05. The molecule has 0 bridgehead atoms. The summed E-state index contributed by atoms with van der Waals surface area (Å²) in [6.07, 6.45) is 4.78. The first-order valence-electron chi connectivity index (χ1n) is 9.81. The monoisotopic (exact) mass is 414 g/mol. The van der Waals surface area contributed by atoms with Gasteiger partial charge in [-0.3, -0.25) is 10.1 Å². The largest absolute Gasteiger partial charge is 0.405 e. The number of aryl methyl sites for hydroxylation is 1. The minimum atomic E-state index is -0.531. The molecule has 1 aromatic heterocycles. The molecule has 6 nitrogen and oxygen atoms in total. The highest BCUT2D eigenvalue weighted by atomic mass is 19.1. The zero-order valence-electron chi connectivity index (χ0n) is 17.1. The van der Waals surface area contributed by atoms with Crippen molar-refractivity contribution < 1.29 is 4.39 Å². The highest BCUT2D eigenvalue weighted by molar-refractivity contribution is 6.09. The van der Waals surface area contributed by atoms with Gasteiger partial charge in [-0.05, 0) is 55.1 Å². The molecule has 0 saturated carbocycles. The fraction of sp³-hybridized carbons (Fsp3) is 0.0833. The van der Waals surface area contributed by atoms with Gasteiger partial charge in [0.25, 0.3) is 0 Å². The van der Waals surface area contributed by atoms with Crippen molar-refractivity contribution in [3.8, 4) is 0 Å². The summed E-state index contributed by atoms with van der Waals surface area (Å²) in [6, 6.07) is 16.9. The number of hydrogen-bond acceptors (Lipinski definition) is 5. The molecule has 156 valence electrons. The Kier molecular flexibility index (Phi) is 5.66. The van der Waals surface area contributed by atoms with E-state index in [4.69, 9.17) is 11.5 Å². The Bertz CT molecular complexity index is 1270. The van der Waals surface area contributed by atoms with Gasteiger partial charge < -0.3 is 16.8 Å². The molecule has 7 heteroatoms. The van der Waals surface area contributed by atoms with E-state index < -0.39 is 5.82 Å². The van der Waals surface area contributed by atoms with E-state index in [1.807, 2.05) is 49.4 Å². The third kappa shape index (κ3) is 4.56. The second kappa shape index (κ2) is 8.71. The van der Waals surface area contributed by atoms with E-state index in [9.17, 15) is 4.39 Å². The number of nitrogens with one attached hydrogen (secondary N) is 2. The van der Waals surface area contributed by atoms with Crippen molar-refractivity contribution in [3.05, 3.63) is 95.6 Å². The van der Waals surface area contributed by atoms with Crippen LogP contribution in [0.3, 0.4) is 0 Å². The van der Waals surface area contributed by atoms with E-state index in [2.05, 4.69) is 20.5 Å². The van der Waals surface area contributed by atoms with Gasteiger partial charge in [-0.2, -0.15) is 5.10 Å². The zero-order chi connectivity index (χ0) is 21.8. The summed E-state index contributed by atoms with van der Waals surface area (Å²) in [6.45, 7) is 2.48. The molecule has 0 amide bonds. The van der Waals surface area contributed by atoms with Crippen LogP contribution in [0.2, 0.25) is 0 Å². The molecule has 0 aliphatic rings. The Morgan fingerprint density at radius 3 is 2.74 bits per heavy atom. The van der Waals surface area contributed by atoms with Gasteiger partial charge in [-0.25, -0.2) is 4.39 Å². The van der Waals surface area contributed by atoms with Gasteiger partial charge in [0.15, 0.2) is 0 Å². The maximum Gasteiger partial charge on any atom is 0.148 e. The SMILES string of the molecule is Cc1ccc(CN=C(/C=C\N)c2cc(F)c(N)c(Nc3ccc4cn[nH]c4c3)c2)cc1. The highest BCUT2D eigenvalue weighted by Crippen LogP contribution is 2.29. The van der Waals surface area contributed by atoms with Gasteiger partial charge in [-0.15, -0.1) is 0 Å². The molecular formula is C24H23FN6. The molecule has 3 aromatic carbocycles. The minimum absolute atomic E-state index is 0.0306. The Balaban J connectivity index is 1.66. The Morgan fingerprint density at radius 2 is 1.97 bits per heavy atom. The van der Waals surface area contributed by atoms with Crippen molar-refractivity contribution in [1.82, 2.24) is 10.2 Å². The Labute approximate surface area is 179 Å². The van der Waals surface area contributed by atoms with Crippen LogP contribution >= 0.6 is 0 Å². The lowest BCUT2D eigenvalue weighted by atomic mass is 10.1. The molecule has 0 aliphatic carbocycles. The Morgan fingerprint density at radius 1 is 1.16 bits per heavy atom. The average molecular weight is 414 g/mol. The molecule has 4 aromatic rings. The number of nitrogen functional groups attached to an aromatic ring is 1. The average Bonchev–Trinajstić information content (AvgIpc) is 3.23. The van der Waals surface area contributed by atoms with E-state index in [1.165, 1.54) is 17.8 Å². The summed E-state index contributed by atoms with van der Waals surface area (Å²) in [5.41, 5.74) is 17.1. The lowest BCUT2D eigenvalue weighted by molar-refractivity contribution is 0.632. The molecule has 0 aliphatic heterocycles. The van der Waals surface area contributed by atoms with Crippen LogP contribution in [0.4, 0.5) is 21.5 Å². The number of hydrogen-bond donors (Lipinski definition) is 4. The number of aromatic amines is 1. The number of aromatic nitrogens is 2. The van der Waals surface area contributed by atoms with Gasteiger partial charge in [-0.1, -0.05) is 29.8 Å². The fourth-order valence-corrected chi connectivity index (χ4v) is 3.24.